The first-order valence-electron chi connectivity index (χ1n) is 9.98. The van der Waals surface area contributed by atoms with Crippen molar-refractivity contribution in [1.29, 1.82) is 0 Å². The Morgan fingerprint density at radius 3 is 1.96 bits per heavy atom. The van der Waals surface area contributed by atoms with E-state index in [0.717, 1.165) is 19.3 Å². The third kappa shape index (κ3) is 4.63. The lowest BCUT2D eigenvalue weighted by Gasteiger charge is -2.38. The number of rotatable bonds is 6. The fourth-order valence-corrected chi connectivity index (χ4v) is 4.67. The van der Waals surface area contributed by atoms with Gasteiger partial charge in [0.2, 0.25) is 0 Å². The van der Waals surface area contributed by atoms with E-state index in [-0.39, 0.29) is 33.9 Å². The number of hydrogen-bond donors (Lipinski definition) is 1. The van der Waals surface area contributed by atoms with Crippen LogP contribution >= 0.6 is 0 Å². The minimum Gasteiger partial charge on any atom is -0.512 e. The van der Waals surface area contributed by atoms with Crippen LogP contribution in [0.3, 0.4) is 0 Å². The zero-order chi connectivity index (χ0) is 19.7. The van der Waals surface area contributed by atoms with Crippen LogP contribution in [0, 0.1) is 22.7 Å². The second kappa shape index (κ2) is 7.66. The van der Waals surface area contributed by atoms with Gasteiger partial charge in [-0.25, -0.2) is 0 Å². The highest BCUT2D eigenvalue weighted by Crippen LogP contribution is 2.45. The van der Waals surface area contributed by atoms with Gasteiger partial charge in [0.05, 0.1) is 11.7 Å². The van der Waals surface area contributed by atoms with Crippen molar-refractivity contribution >= 4 is 17.3 Å². The number of ketones is 3. The van der Waals surface area contributed by atoms with Gasteiger partial charge in [-0.2, -0.15) is 0 Å². The predicted octanol–water partition coefficient (Wildman–Crippen LogP) is 4.96. The maximum absolute atomic E-state index is 12.8. The van der Waals surface area contributed by atoms with Crippen LogP contribution in [0.2, 0.25) is 0 Å². The average Bonchev–Trinajstić information content (AvgIpc) is 2.42. The first-order valence-corrected chi connectivity index (χ1v) is 9.98. The van der Waals surface area contributed by atoms with Crippen LogP contribution < -0.4 is 0 Å². The molecule has 2 aliphatic rings. The summed E-state index contributed by atoms with van der Waals surface area (Å²) in [6.45, 7) is 9.90. The zero-order valence-electron chi connectivity index (χ0n) is 17.0. The molecule has 0 aromatic carbocycles. The third-order valence-electron chi connectivity index (χ3n) is 5.79. The Balaban J connectivity index is 2.39. The predicted molar refractivity (Wildman–Crippen MR) is 102 cm³/mol. The van der Waals surface area contributed by atoms with Gasteiger partial charge in [0, 0.05) is 37.2 Å². The topological polar surface area (TPSA) is 71.4 Å². The Bertz CT molecular complexity index is 604. The van der Waals surface area contributed by atoms with Crippen molar-refractivity contribution in [1.82, 2.24) is 0 Å². The quantitative estimate of drug-likeness (QED) is 0.535. The molecule has 0 amide bonds. The van der Waals surface area contributed by atoms with Gasteiger partial charge in [-0.1, -0.05) is 53.9 Å². The van der Waals surface area contributed by atoms with Crippen molar-refractivity contribution in [3.8, 4) is 0 Å². The molecule has 1 atom stereocenters. The van der Waals surface area contributed by atoms with Crippen LogP contribution in [0.4, 0.5) is 0 Å². The van der Waals surface area contributed by atoms with E-state index >= 15 is 0 Å². The Kier molecular flexibility index (Phi) is 6.14. The van der Waals surface area contributed by atoms with Gasteiger partial charge < -0.3 is 5.11 Å². The van der Waals surface area contributed by atoms with Crippen LogP contribution in [-0.2, 0) is 14.4 Å². The average molecular weight is 363 g/mol. The summed E-state index contributed by atoms with van der Waals surface area (Å²) in [4.78, 5) is 38.5. The third-order valence-corrected chi connectivity index (χ3v) is 5.79. The first-order chi connectivity index (χ1) is 12.0. The molecule has 2 aliphatic carbocycles. The van der Waals surface area contributed by atoms with Crippen molar-refractivity contribution < 1.29 is 19.5 Å². The lowest BCUT2D eigenvalue weighted by molar-refractivity contribution is -0.141. The number of allylic oxidation sites excluding steroid dienone is 2. The van der Waals surface area contributed by atoms with Gasteiger partial charge in [-0.05, 0) is 17.3 Å². The summed E-state index contributed by atoms with van der Waals surface area (Å²) >= 11 is 0. The van der Waals surface area contributed by atoms with Crippen molar-refractivity contribution in [2.45, 2.75) is 86.0 Å². The van der Waals surface area contributed by atoms with Crippen LogP contribution in [0.1, 0.15) is 86.0 Å². The number of unbranched alkanes of at least 4 members (excludes halogenated alkanes) is 2. The van der Waals surface area contributed by atoms with Crippen LogP contribution in [-0.4, -0.2) is 22.5 Å². The van der Waals surface area contributed by atoms with Crippen LogP contribution in [0.15, 0.2) is 11.3 Å². The molecular weight excluding hydrogens is 328 g/mol. The molecule has 1 N–H and O–H groups in total. The summed E-state index contributed by atoms with van der Waals surface area (Å²) in [6, 6.07) is 0. The molecule has 0 spiro atoms. The molecule has 0 aliphatic heterocycles. The van der Waals surface area contributed by atoms with Gasteiger partial charge in [-0.15, -0.1) is 0 Å². The zero-order valence-corrected chi connectivity index (χ0v) is 17.0. The Labute approximate surface area is 157 Å². The highest BCUT2D eigenvalue weighted by molar-refractivity contribution is 6.08. The number of carbonyl (C=O) groups is 3. The Hall–Kier alpha value is -1.45. The van der Waals surface area contributed by atoms with Gasteiger partial charge in [0.15, 0.2) is 5.78 Å². The molecule has 146 valence electrons. The molecule has 0 radical (unpaired) electrons. The minimum atomic E-state index is -0.762. The van der Waals surface area contributed by atoms with Crippen molar-refractivity contribution in [3.63, 3.8) is 0 Å². The highest BCUT2D eigenvalue weighted by atomic mass is 16.3. The molecule has 0 saturated heterocycles. The summed E-state index contributed by atoms with van der Waals surface area (Å²) < 4.78 is 0. The van der Waals surface area contributed by atoms with E-state index in [2.05, 4.69) is 6.92 Å². The maximum Gasteiger partial charge on any atom is 0.163 e. The van der Waals surface area contributed by atoms with E-state index in [1.807, 2.05) is 27.7 Å². The van der Waals surface area contributed by atoms with E-state index in [0.29, 0.717) is 37.7 Å². The summed E-state index contributed by atoms with van der Waals surface area (Å²) in [5.41, 5.74) is -0.221. The summed E-state index contributed by atoms with van der Waals surface area (Å²) in [7, 11) is 0. The molecule has 4 nitrogen and oxygen atoms in total. The summed E-state index contributed by atoms with van der Waals surface area (Å²) in [6.07, 6.45) is 5.00. The van der Waals surface area contributed by atoms with E-state index in [9.17, 15) is 19.5 Å². The fourth-order valence-electron chi connectivity index (χ4n) is 4.67. The SMILES string of the molecule is CCCCCC(C1=C(O)CC(C)(C)CC1=O)C1C(=O)CC(C)(C)CC1=O. The molecule has 4 heteroatoms. The molecule has 0 bridgehead atoms. The first kappa shape index (κ1) is 20.9. The van der Waals surface area contributed by atoms with E-state index in [4.69, 9.17) is 0 Å². The molecule has 0 aromatic heterocycles. The van der Waals surface area contributed by atoms with Gasteiger partial charge in [0.25, 0.3) is 0 Å². The number of aliphatic hydroxyl groups excluding tert-OH is 1. The molecule has 2 rings (SSSR count). The molecule has 26 heavy (non-hydrogen) atoms. The van der Waals surface area contributed by atoms with E-state index in [1.165, 1.54) is 0 Å². The molecular formula is C22H34O4. The molecule has 0 heterocycles. The largest absolute Gasteiger partial charge is 0.512 e. The number of hydrogen-bond acceptors (Lipinski definition) is 4. The van der Waals surface area contributed by atoms with Gasteiger partial charge >= 0.3 is 0 Å². The monoisotopic (exact) mass is 362 g/mol. The van der Waals surface area contributed by atoms with Crippen LogP contribution in [0.25, 0.3) is 0 Å². The number of Topliss-reactive ketones (excluding diaryl/α,β-unsaturated/α-hetero) is 3. The smallest absolute Gasteiger partial charge is 0.163 e. The highest BCUT2D eigenvalue weighted by Gasteiger charge is 2.47. The van der Waals surface area contributed by atoms with Crippen LogP contribution in [0.5, 0.6) is 0 Å². The normalized spacial score (nSPS) is 24.9. The van der Waals surface area contributed by atoms with Crippen molar-refractivity contribution in [2.75, 3.05) is 0 Å². The van der Waals surface area contributed by atoms with E-state index in [1.54, 1.807) is 0 Å². The lowest BCUT2D eigenvalue weighted by Crippen LogP contribution is -2.44. The summed E-state index contributed by atoms with van der Waals surface area (Å²) in [5, 5.41) is 10.6. The standard InChI is InChI=1S/C22H34O4/c1-6-7-8-9-14(19-15(23)10-21(2,3)11-16(19)24)20-17(25)12-22(4,5)13-18(20)26/h14,19,25H,6-13H2,1-5H3. The lowest BCUT2D eigenvalue weighted by atomic mass is 9.63. The maximum atomic E-state index is 12.8. The number of aliphatic hydroxyl groups is 1. The Morgan fingerprint density at radius 2 is 1.46 bits per heavy atom. The second-order valence-electron chi connectivity index (χ2n) is 9.83. The van der Waals surface area contributed by atoms with Gasteiger partial charge in [0.1, 0.15) is 11.6 Å². The van der Waals surface area contributed by atoms with E-state index < -0.39 is 11.8 Å². The minimum absolute atomic E-state index is 0.0642. The second-order valence-corrected chi connectivity index (χ2v) is 9.83. The van der Waals surface area contributed by atoms with Crippen molar-refractivity contribution in [3.05, 3.63) is 11.3 Å². The van der Waals surface area contributed by atoms with Crippen molar-refractivity contribution in [2.24, 2.45) is 22.7 Å². The Morgan fingerprint density at radius 1 is 0.923 bits per heavy atom. The molecule has 0 aromatic rings. The molecule has 1 fully saturated rings. The fraction of sp³-hybridized carbons (Fsp3) is 0.773. The molecule has 1 saturated carbocycles. The number of carbonyl (C=O) groups excluding carboxylic acids is 3. The summed E-state index contributed by atoms with van der Waals surface area (Å²) in [5.74, 6) is -1.34. The van der Waals surface area contributed by atoms with Gasteiger partial charge in [-0.3, -0.25) is 14.4 Å². The molecule has 1 unspecified atom stereocenters.